The molecule has 1 heterocycles. The van der Waals surface area contributed by atoms with Crippen LogP contribution in [-0.2, 0) is 12.8 Å². The Bertz CT molecular complexity index is 916. The number of alkyl halides is 2. The Morgan fingerprint density at radius 1 is 1.33 bits per heavy atom. The first-order chi connectivity index (χ1) is 14.3. The van der Waals surface area contributed by atoms with E-state index in [1.165, 1.54) is 16.5 Å². The van der Waals surface area contributed by atoms with E-state index in [0.717, 1.165) is 30.6 Å². The lowest BCUT2D eigenvalue weighted by atomic mass is 9.90. The first-order valence-corrected chi connectivity index (χ1v) is 11.2. The average Bonchev–Trinajstić information content (AvgIpc) is 3.43. The van der Waals surface area contributed by atoms with Crippen LogP contribution in [0.1, 0.15) is 64.8 Å². The number of nitrogens with zero attached hydrogens (tertiary/aromatic N) is 1. The fourth-order valence-electron chi connectivity index (χ4n) is 4.57. The number of rotatable bonds is 8. The van der Waals surface area contributed by atoms with Gasteiger partial charge in [0.05, 0.1) is 12.5 Å². The molecule has 1 aromatic carbocycles. The largest absolute Gasteiger partial charge is 0.493 e. The molecule has 0 aliphatic heterocycles. The number of aromatic nitrogens is 1. The summed E-state index contributed by atoms with van der Waals surface area (Å²) in [4.78, 5) is 14.8. The topological polar surface area (TPSA) is 79.7 Å². The molecule has 3 atom stereocenters. The number of halogens is 2. The van der Waals surface area contributed by atoms with E-state index in [2.05, 4.69) is 4.98 Å². The number of carboxylic acids is 1. The number of hydrogen-bond donors (Lipinski definition) is 2. The highest BCUT2D eigenvalue weighted by Gasteiger charge is 2.50. The average molecular weight is 438 g/mol. The molecule has 8 heteroatoms. The predicted molar refractivity (Wildman–Crippen MR) is 108 cm³/mol. The summed E-state index contributed by atoms with van der Waals surface area (Å²) in [5.41, 5.74) is 2.45. The standard InChI is InChI=1S/C22H25F2NO4S/c23-22(24)9-8-14(5-7-19(26)20-25-18(12-30-20)21(27)28)17(22)11-29-16-6-4-13-2-1-3-15(13)10-16/h4,6,10,12,14,17,19,26H,1-3,5,7-9,11H2,(H,27,28)/t14-,17?,19?/m0/s1. The van der Waals surface area contributed by atoms with E-state index < -0.39 is 23.9 Å². The second kappa shape index (κ2) is 8.59. The van der Waals surface area contributed by atoms with Crippen LogP contribution in [0.3, 0.4) is 0 Å². The quantitative estimate of drug-likeness (QED) is 0.615. The van der Waals surface area contributed by atoms with Gasteiger partial charge in [-0.3, -0.25) is 0 Å². The molecular formula is C22H25F2NO4S. The highest BCUT2D eigenvalue weighted by atomic mass is 32.1. The Kier molecular flexibility index (Phi) is 6.06. The Hall–Kier alpha value is -2.06. The van der Waals surface area contributed by atoms with Crippen LogP contribution >= 0.6 is 11.3 Å². The third kappa shape index (κ3) is 4.49. The highest BCUT2D eigenvalue weighted by molar-refractivity contribution is 7.09. The summed E-state index contributed by atoms with van der Waals surface area (Å²) < 4.78 is 34.8. The Morgan fingerprint density at radius 2 is 2.13 bits per heavy atom. The minimum atomic E-state index is -2.79. The Morgan fingerprint density at radius 3 is 2.90 bits per heavy atom. The number of benzene rings is 1. The molecule has 2 aromatic rings. The van der Waals surface area contributed by atoms with Crippen LogP contribution < -0.4 is 4.74 Å². The van der Waals surface area contributed by atoms with Crippen LogP contribution in [-0.4, -0.2) is 33.7 Å². The Labute approximate surface area is 177 Å². The molecule has 0 bridgehead atoms. The summed E-state index contributed by atoms with van der Waals surface area (Å²) in [6.45, 7) is -0.0486. The molecule has 30 heavy (non-hydrogen) atoms. The molecule has 0 spiro atoms. The van der Waals surface area contributed by atoms with Gasteiger partial charge in [0.2, 0.25) is 0 Å². The van der Waals surface area contributed by atoms with Gasteiger partial charge in [0, 0.05) is 11.8 Å². The molecule has 2 aliphatic rings. The summed E-state index contributed by atoms with van der Waals surface area (Å²) in [5.74, 6) is -4.46. The van der Waals surface area contributed by atoms with Crippen molar-refractivity contribution in [3.8, 4) is 5.75 Å². The molecular weight excluding hydrogens is 412 g/mol. The lowest BCUT2D eigenvalue weighted by Crippen LogP contribution is -2.31. The van der Waals surface area contributed by atoms with Crippen molar-refractivity contribution in [3.05, 3.63) is 45.4 Å². The zero-order valence-electron chi connectivity index (χ0n) is 16.5. The van der Waals surface area contributed by atoms with Gasteiger partial charge in [0.25, 0.3) is 5.92 Å². The third-order valence-corrected chi connectivity index (χ3v) is 7.24. The summed E-state index contributed by atoms with van der Waals surface area (Å²) >= 11 is 1.07. The van der Waals surface area contributed by atoms with Crippen LogP contribution in [0.4, 0.5) is 8.78 Å². The molecule has 0 saturated heterocycles. The minimum Gasteiger partial charge on any atom is -0.493 e. The van der Waals surface area contributed by atoms with Crippen molar-refractivity contribution < 1.29 is 28.5 Å². The van der Waals surface area contributed by atoms with Gasteiger partial charge >= 0.3 is 5.97 Å². The zero-order chi connectivity index (χ0) is 21.3. The number of carboxylic acid groups (broad SMARTS) is 1. The number of aromatic carboxylic acids is 1. The van der Waals surface area contributed by atoms with E-state index in [0.29, 0.717) is 23.6 Å². The fraction of sp³-hybridized carbons (Fsp3) is 0.545. The van der Waals surface area contributed by atoms with Crippen molar-refractivity contribution in [1.82, 2.24) is 4.98 Å². The SMILES string of the molecule is O=C(O)c1csc(C(O)CC[C@H]2CCC(F)(F)C2COc2ccc3c(c2)CCC3)n1. The van der Waals surface area contributed by atoms with E-state index >= 15 is 0 Å². The number of fused-ring (bicyclic) bond motifs is 1. The van der Waals surface area contributed by atoms with E-state index in [1.54, 1.807) is 0 Å². The number of aliphatic hydroxyl groups excluding tert-OH is 1. The minimum absolute atomic E-state index is 0.0486. The second-order valence-corrected chi connectivity index (χ2v) is 9.12. The maximum absolute atomic E-state index is 14.5. The third-order valence-electron chi connectivity index (χ3n) is 6.30. The second-order valence-electron chi connectivity index (χ2n) is 8.23. The predicted octanol–water partition coefficient (Wildman–Crippen LogP) is 4.88. The smallest absolute Gasteiger partial charge is 0.355 e. The number of ether oxygens (including phenoxy) is 1. The van der Waals surface area contributed by atoms with Gasteiger partial charge < -0.3 is 14.9 Å². The van der Waals surface area contributed by atoms with Crippen LogP contribution in [0.2, 0.25) is 0 Å². The number of aryl methyl sites for hydroxylation is 2. The van der Waals surface area contributed by atoms with Crippen molar-refractivity contribution in [3.63, 3.8) is 0 Å². The van der Waals surface area contributed by atoms with Gasteiger partial charge in [0.15, 0.2) is 5.69 Å². The zero-order valence-corrected chi connectivity index (χ0v) is 17.3. The maximum Gasteiger partial charge on any atom is 0.355 e. The first-order valence-electron chi connectivity index (χ1n) is 10.3. The van der Waals surface area contributed by atoms with Crippen molar-refractivity contribution in [2.75, 3.05) is 6.61 Å². The lowest BCUT2D eigenvalue weighted by Gasteiger charge is -2.25. The first kappa shape index (κ1) is 21.2. The summed E-state index contributed by atoms with van der Waals surface area (Å²) in [6.07, 6.45) is 3.13. The normalized spacial score (nSPS) is 23.3. The summed E-state index contributed by atoms with van der Waals surface area (Å²) in [7, 11) is 0. The summed E-state index contributed by atoms with van der Waals surface area (Å²) in [6, 6.07) is 5.85. The molecule has 5 nitrogen and oxygen atoms in total. The lowest BCUT2D eigenvalue weighted by molar-refractivity contribution is -0.0625. The van der Waals surface area contributed by atoms with Gasteiger partial charge in [-0.15, -0.1) is 11.3 Å². The van der Waals surface area contributed by atoms with Gasteiger partial charge in [-0.05, 0) is 67.7 Å². The van der Waals surface area contributed by atoms with Crippen LogP contribution in [0, 0.1) is 11.8 Å². The van der Waals surface area contributed by atoms with Crippen LogP contribution in [0.5, 0.6) is 5.75 Å². The number of aliphatic hydroxyl groups is 1. The molecule has 1 saturated carbocycles. The van der Waals surface area contributed by atoms with E-state index in [-0.39, 0.29) is 31.1 Å². The molecule has 2 N–H and O–H groups in total. The van der Waals surface area contributed by atoms with E-state index in [1.807, 2.05) is 18.2 Å². The molecule has 162 valence electrons. The highest BCUT2D eigenvalue weighted by Crippen LogP contribution is 2.47. The van der Waals surface area contributed by atoms with Gasteiger partial charge in [-0.25, -0.2) is 18.6 Å². The van der Waals surface area contributed by atoms with Gasteiger partial charge in [-0.2, -0.15) is 0 Å². The van der Waals surface area contributed by atoms with E-state index in [9.17, 15) is 18.7 Å². The van der Waals surface area contributed by atoms with Crippen molar-refractivity contribution in [2.45, 2.75) is 57.0 Å². The Balaban J connectivity index is 1.35. The molecule has 1 fully saturated rings. The number of thiazole rings is 1. The van der Waals surface area contributed by atoms with Crippen molar-refractivity contribution >= 4 is 17.3 Å². The number of hydrogen-bond acceptors (Lipinski definition) is 5. The fourth-order valence-corrected chi connectivity index (χ4v) is 5.38. The number of carbonyl (C=O) groups is 1. The van der Waals surface area contributed by atoms with Crippen molar-refractivity contribution in [1.29, 1.82) is 0 Å². The molecule has 4 rings (SSSR count). The molecule has 2 aliphatic carbocycles. The van der Waals surface area contributed by atoms with Gasteiger partial charge in [-0.1, -0.05) is 6.07 Å². The van der Waals surface area contributed by atoms with Crippen molar-refractivity contribution in [2.24, 2.45) is 11.8 Å². The summed E-state index contributed by atoms with van der Waals surface area (Å²) in [5, 5.41) is 21.0. The molecule has 2 unspecified atom stereocenters. The van der Waals surface area contributed by atoms with E-state index in [4.69, 9.17) is 9.84 Å². The molecule has 0 amide bonds. The van der Waals surface area contributed by atoms with Gasteiger partial charge in [0.1, 0.15) is 16.9 Å². The maximum atomic E-state index is 14.5. The molecule has 0 radical (unpaired) electrons. The van der Waals surface area contributed by atoms with Crippen LogP contribution in [0.25, 0.3) is 0 Å². The molecule has 1 aromatic heterocycles. The van der Waals surface area contributed by atoms with Crippen LogP contribution in [0.15, 0.2) is 23.6 Å². The monoisotopic (exact) mass is 437 g/mol.